The van der Waals surface area contributed by atoms with Crippen LogP contribution in [0, 0.1) is 11.2 Å². The zero-order valence-corrected chi connectivity index (χ0v) is 11.6. The molecule has 1 amide bonds. The van der Waals surface area contributed by atoms with Crippen LogP contribution in [-0.2, 0) is 0 Å². The molecule has 0 atom stereocenters. The third-order valence-corrected chi connectivity index (χ3v) is 2.91. The molecule has 1 heterocycles. The number of carbonyl (C=O) groups excluding carboxylic acids is 1. The Morgan fingerprint density at radius 1 is 1.59 bits per heavy atom. The summed E-state index contributed by atoms with van der Waals surface area (Å²) in [6.07, 6.45) is 3.38. The number of aromatic nitrogens is 1. The summed E-state index contributed by atoms with van der Waals surface area (Å²) in [7, 11) is 0. The number of rotatable bonds is 5. The first-order chi connectivity index (χ1) is 7.96. The van der Waals surface area contributed by atoms with Gasteiger partial charge in [-0.2, -0.15) is 0 Å². The molecule has 5 heteroatoms. The minimum atomic E-state index is -0.594. The molecule has 1 aromatic rings. The van der Waals surface area contributed by atoms with Crippen LogP contribution in [0.3, 0.4) is 0 Å². The van der Waals surface area contributed by atoms with Crippen LogP contribution in [0.25, 0.3) is 0 Å². The van der Waals surface area contributed by atoms with Crippen LogP contribution in [0.4, 0.5) is 4.39 Å². The molecule has 0 radical (unpaired) electrons. The molecule has 0 aliphatic carbocycles. The zero-order valence-electron chi connectivity index (χ0n) is 9.96. The van der Waals surface area contributed by atoms with Gasteiger partial charge in [-0.25, -0.2) is 4.39 Å². The van der Waals surface area contributed by atoms with Crippen molar-refractivity contribution >= 4 is 21.8 Å². The van der Waals surface area contributed by atoms with Gasteiger partial charge in [0.25, 0.3) is 5.91 Å². The summed E-state index contributed by atoms with van der Waals surface area (Å²) in [6, 6.07) is 1.38. The van der Waals surface area contributed by atoms with Gasteiger partial charge in [-0.05, 0) is 17.9 Å². The molecule has 0 saturated carbocycles. The number of nitrogens with one attached hydrogen (secondary N) is 1. The molecule has 0 saturated heterocycles. The normalized spacial score (nSPS) is 11.3. The Morgan fingerprint density at radius 3 is 2.88 bits per heavy atom. The van der Waals surface area contributed by atoms with E-state index in [1.165, 1.54) is 12.3 Å². The summed E-state index contributed by atoms with van der Waals surface area (Å²) < 4.78 is 13.3. The van der Waals surface area contributed by atoms with Crippen molar-refractivity contribution < 1.29 is 9.18 Å². The van der Waals surface area contributed by atoms with Crippen molar-refractivity contribution in [1.29, 1.82) is 0 Å². The fourth-order valence-corrected chi connectivity index (χ4v) is 2.39. The van der Waals surface area contributed by atoms with Crippen LogP contribution < -0.4 is 5.32 Å². The van der Waals surface area contributed by atoms with E-state index in [0.29, 0.717) is 6.54 Å². The van der Waals surface area contributed by atoms with Gasteiger partial charge in [0.1, 0.15) is 0 Å². The van der Waals surface area contributed by atoms with Crippen molar-refractivity contribution in [2.75, 3.05) is 11.9 Å². The zero-order chi connectivity index (χ0) is 12.9. The van der Waals surface area contributed by atoms with Crippen LogP contribution in [0.1, 0.15) is 30.6 Å². The number of hydrogen-bond donors (Lipinski definition) is 1. The van der Waals surface area contributed by atoms with Crippen molar-refractivity contribution in [2.24, 2.45) is 5.41 Å². The molecule has 0 bridgehead atoms. The summed E-state index contributed by atoms with van der Waals surface area (Å²) in [5.41, 5.74) is 0.0255. The van der Waals surface area contributed by atoms with Gasteiger partial charge in [0.15, 0.2) is 5.82 Å². The summed E-state index contributed by atoms with van der Waals surface area (Å²) in [4.78, 5) is 15.3. The fraction of sp³-hybridized carbons (Fsp3) is 0.500. The van der Waals surface area contributed by atoms with Crippen molar-refractivity contribution in [1.82, 2.24) is 10.3 Å². The predicted molar refractivity (Wildman–Crippen MR) is 68.7 cm³/mol. The van der Waals surface area contributed by atoms with E-state index in [9.17, 15) is 9.18 Å². The van der Waals surface area contributed by atoms with E-state index < -0.39 is 11.7 Å². The molecule has 0 aliphatic heterocycles. The number of amides is 1. The third-order valence-electron chi connectivity index (χ3n) is 2.52. The van der Waals surface area contributed by atoms with Gasteiger partial charge in [-0.3, -0.25) is 9.78 Å². The Morgan fingerprint density at radius 2 is 2.29 bits per heavy atom. The van der Waals surface area contributed by atoms with Crippen molar-refractivity contribution in [3.05, 3.63) is 29.8 Å². The highest BCUT2D eigenvalue weighted by Crippen LogP contribution is 2.20. The Labute approximate surface area is 109 Å². The Bertz CT molecular complexity index is 396. The first-order valence-electron chi connectivity index (χ1n) is 5.40. The number of nitrogens with zero attached hydrogens (tertiary/aromatic N) is 1. The van der Waals surface area contributed by atoms with E-state index in [2.05, 4.69) is 40.1 Å². The van der Waals surface area contributed by atoms with Gasteiger partial charge in [0.05, 0.1) is 11.8 Å². The monoisotopic (exact) mass is 302 g/mol. The smallest absolute Gasteiger partial charge is 0.254 e. The first-order valence-corrected chi connectivity index (χ1v) is 6.52. The molecule has 0 aromatic carbocycles. The lowest BCUT2D eigenvalue weighted by molar-refractivity contribution is 0.0931. The molecule has 1 N–H and O–H groups in total. The topological polar surface area (TPSA) is 42.0 Å². The van der Waals surface area contributed by atoms with Gasteiger partial charge in [-0.1, -0.05) is 29.8 Å². The summed E-state index contributed by atoms with van der Waals surface area (Å²) in [6.45, 7) is 4.62. The standard InChI is InChI=1S/C12H16BrFN2O/c1-12(2,4-5-13)8-16-11(17)9-3-6-15-7-10(9)14/h3,6-7H,4-5,8H2,1-2H3,(H,16,17). The first kappa shape index (κ1) is 14.1. The molecule has 1 rings (SSSR count). The van der Waals surface area contributed by atoms with Crippen molar-refractivity contribution in [3.63, 3.8) is 0 Å². The third kappa shape index (κ3) is 4.42. The average molecular weight is 303 g/mol. The van der Waals surface area contributed by atoms with Crippen LogP contribution in [0.5, 0.6) is 0 Å². The lowest BCUT2D eigenvalue weighted by Gasteiger charge is -2.23. The molecular weight excluding hydrogens is 287 g/mol. The second-order valence-corrected chi connectivity index (χ2v) is 5.43. The van der Waals surface area contributed by atoms with Gasteiger partial charge in [0, 0.05) is 18.1 Å². The minimum absolute atomic E-state index is 0.0112. The van der Waals surface area contributed by atoms with Gasteiger partial charge < -0.3 is 5.32 Å². The summed E-state index contributed by atoms with van der Waals surface area (Å²) in [5.74, 6) is -0.990. The fourth-order valence-electron chi connectivity index (χ4n) is 1.32. The van der Waals surface area contributed by atoms with Crippen LogP contribution in [-0.4, -0.2) is 22.8 Å². The minimum Gasteiger partial charge on any atom is -0.351 e. The molecule has 0 fully saturated rings. The highest BCUT2D eigenvalue weighted by atomic mass is 79.9. The van der Waals surface area contributed by atoms with E-state index in [-0.39, 0.29) is 11.0 Å². The van der Waals surface area contributed by atoms with E-state index in [4.69, 9.17) is 0 Å². The number of carbonyl (C=O) groups is 1. The van der Waals surface area contributed by atoms with Crippen molar-refractivity contribution in [2.45, 2.75) is 20.3 Å². The highest BCUT2D eigenvalue weighted by Gasteiger charge is 2.19. The maximum absolute atomic E-state index is 13.3. The number of pyridine rings is 1. The van der Waals surface area contributed by atoms with Crippen LogP contribution in [0.15, 0.2) is 18.5 Å². The molecule has 94 valence electrons. The van der Waals surface area contributed by atoms with E-state index >= 15 is 0 Å². The Kier molecular flexibility index (Phi) is 5.05. The highest BCUT2D eigenvalue weighted by molar-refractivity contribution is 9.09. The lowest BCUT2D eigenvalue weighted by Crippen LogP contribution is -2.34. The van der Waals surface area contributed by atoms with E-state index in [0.717, 1.165) is 17.9 Å². The van der Waals surface area contributed by atoms with Crippen LogP contribution >= 0.6 is 15.9 Å². The quantitative estimate of drug-likeness (QED) is 0.850. The molecule has 0 aliphatic rings. The lowest BCUT2D eigenvalue weighted by atomic mass is 9.90. The van der Waals surface area contributed by atoms with E-state index in [1.807, 2.05) is 0 Å². The van der Waals surface area contributed by atoms with Crippen molar-refractivity contribution in [3.8, 4) is 0 Å². The van der Waals surface area contributed by atoms with E-state index in [1.54, 1.807) is 0 Å². The number of alkyl halides is 1. The second-order valence-electron chi connectivity index (χ2n) is 4.64. The summed E-state index contributed by atoms with van der Waals surface area (Å²) in [5, 5.41) is 3.61. The predicted octanol–water partition coefficient (Wildman–Crippen LogP) is 2.76. The largest absolute Gasteiger partial charge is 0.351 e. The summed E-state index contributed by atoms with van der Waals surface area (Å²) >= 11 is 3.37. The molecule has 1 aromatic heterocycles. The molecule has 17 heavy (non-hydrogen) atoms. The second kappa shape index (κ2) is 6.10. The molecule has 0 spiro atoms. The van der Waals surface area contributed by atoms with Crippen LogP contribution in [0.2, 0.25) is 0 Å². The average Bonchev–Trinajstić information content (AvgIpc) is 2.27. The Hall–Kier alpha value is -0.970. The molecular formula is C12H16BrFN2O. The maximum Gasteiger partial charge on any atom is 0.254 e. The molecule has 3 nitrogen and oxygen atoms in total. The van der Waals surface area contributed by atoms with Gasteiger partial charge in [-0.15, -0.1) is 0 Å². The number of hydrogen-bond acceptors (Lipinski definition) is 2. The molecule has 0 unspecified atom stereocenters. The maximum atomic E-state index is 13.3. The Balaban J connectivity index is 2.59. The van der Waals surface area contributed by atoms with Gasteiger partial charge >= 0.3 is 0 Å². The SMILES string of the molecule is CC(C)(CCBr)CNC(=O)c1ccncc1F. The van der Waals surface area contributed by atoms with Gasteiger partial charge in [0.2, 0.25) is 0 Å². The number of halogens is 2.